The summed E-state index contributed by atoms with van der Waals surface area (Å²) in [5.41, 5.74) is 4.76. The molecule has 2 heterocycles. The van der Waals surface area contributed by atoms with Gasteiger partial charge in [-0.25, -0.2) is 5.48 Å². The van der Waals surface area contributed by atoms with Crippen LogP contribution in [0.5, 0.6) is 0 Å². The van der Waals surface area contributed by atoms with Crippen LogP contribution in [0, 0.1) is 0 Å². The summed E-state index contributed by atoms with van der Waals surface area (Å²) in [5.74, 6) is -2.04. The van der Waals surface area contributed by atoms with Crippen molar-refractivity contribution in [1.82, 2.24) is 15.4 Å². The molecule has 0 bridgehead atoms. The van der Waals surface area contributed by atoms with Gasteiger partial charge in [-0.15, -0.1) is 0 Å². The lowest BCUT2D eigenvalue weighted by atomic mass is 9.78. The van der Waals surface area contributed by atoms with Crippen molar-refractivity contribution in [1.29, 1.82) is 0 Å². The standard InChI is InChI=1S/C31H27Cl2N3O5/c32-20-13-14-24(25(33)16-20)28-27(30(39)35-41-18-21-10-6-7-15-34-21)22-11-4-5-12-23(22)31(40)36(28)26(17-37)29(38)19-8-2-1-3-9-19/h1-16,26-29,37-38H,17-18H2,(H,35,39)/t26-,27+,28-,29-/m1/s1. The zero-order valence-electron chi connectivity index (χ0n) is 21.7. The lowest BCUT2D eigenvalue weighted by molar-refractivity contribution is -0.138. The Hall–Kier alpha value is -3.79. The quantitative estimate of drug-likeness (QED) is 0.236. The van der Waals surface area contributed by atoms with Crippen molar-refractivity contribution in [2.75, 3.05) is 6.61 Å². The molecule has 0 saturated heterocycles. The summed E-state index contributed by atoms with van der Waals surface area (Å²) in [6.45, 7) is -0.571. The van der Waals surface area contributed by atoms with Crippen molar-refractivity contribution in [3.05, 3.63) is 135 Å². The van der Waals surface area contributed by atoms with Crippen LogP contribution in [-0.2, 0) is 16.2 Å². The number of fused-ring (bicyclic) bond motifs is 1. The van der Waals surface area contributed by atoms with E-state index in [0.717, 1.165) is 0 Å². The largest absolute Gasteiger partial charge is 0.394 e. The van der Waals surface area contributed by atoms with Crippen molar-refractivity contribution in [3.63, 3.8) is 0 Å². The zero-order chi connectivity index (χ0) is 28.9. The third-order valence-electron chi connectivity index (χ3n) is 7.11. The van der Waals surface area contributed by atoms with E-state index in [9.17, 15) is 19.8 Å². The van der Waals surface area contributed by atoms with E-state index in [1.54, 1.807) is 91.1 Å². The van der Waals surface area contributed by atoms with Crippen LogP contribution in [0.15, 0.2) is 97.2 Å². The second kappa shape index (κ2) is 12.8. The third-order valence-corrected chi connectivity index (χ3v) is 7.67. The minimum atomic E-state index is -1.27. The summed E-state index contributed by atoms with van der Waals surface area (Å²) in [5, 5.41) is 22.6. The maximum atomic E-state index is 14.1. The molecular weight excluding hydrogens is 565 g/mol. The van der Waals surface area contributed by atoms with Gasteiger partial charge in [0.15, 0.2) is 0 Å². The van der Waals surface area contributed by atoms with Gasteiger partial charge in [0.25, 0.3) is 11.8 Å². The first-order valence-electron chi connectivity index (χ1n) is 12.9. The Balaban J connectivity index is 1.61. The van der Waals surface area contributed by atoms with Gasteiger partial charge >= 0.3 is 0 Å². The molecule has 0 spiro atoms. The lowest BCUT2D eigenvalue weighted by Gasteiger charge is -2.46. The summed E-state index contributed by atoms with van der Waals surface area (Å²) in [7, 11) is 0. The second-order valence-corrected chi connectivity index (χ2v) is 10.4. The summed E-state index contributed by atoms with van der Waals surface area (Å²) in [6.07, 6.45) is 0.348. The third kappa shape index (κ3) is 5.98. The Kier molecular flexibility index (Phi) is 8.97. The highest BCUT2D eigenvalue weighted by Crippen LogP contribution is 2.47. The van der Waals surface area contributed by atoms with Gasteiger partial charge in [0.1, 0.15) is 12.7 Å². The smallest absolute Gasteiger partial charge is 0.255 e. The molecule has 0 radical (unpaired) electrons. The average Bonchev–Trinajstić information content (AvgIpc) is 2.99. The molecule has 3 N–H and O–H groups in total. The topological polar surface area (TPSA) is 112 Å². The Labute approximate surface area is 247 Å². The number of halogens is 2. The van der Waals surface area contributed by atoms with Crippen molar-refractivity contribution < 1.29 is 24.6 Å². The van der Waals surface area contributed by atoms with Crippen molar-refractivity contribution in [2.24, 2.45) is 0 Å². The highest BCUT2D eigenvalue weighted by molar-refractivity contribution is 6.35. The number of aromatic nitrogens is 1. The minimum Gasteiger partial charge on any atom is -0.394 e. The van der Waals surface area contributed by atoms with E-state index in [2.05, 4.69) is 10.5 Å². The minimum absolute atomic E-state index is 0.0158. The fraction of sp³-hybridized carbons (Fsp3) is 0.194. The molecule has 5 rings (SSSR count). The Morgan fingerprint density at radius 1 is 0.976 bits per heavy atom. The highest BCUT2D eigenvalue weighted by Gasteiger charge is 2.48. The molecule has 3 aromatic carbocycles. The summed E-state index contributed by atoms with van der Waals surface area (Å²) in [4.78, 5) is 39.1. The molecule has 0 saturated carbocycles. The van der Waals surface area contributed by atoms with Crippen LogP contribution in [0.1, 0.15) is 50.8 Å². The van der Waals surface area contributed by atoms with Crippen LogP contribution in [-0.4, -0.2) is 44.6 Å². The molecule has 8 nitrogen and oxygen atoms in total. The van der Waals surface area contributed by atoms with E-state index in [1.807, 2.05) is 0 Å². The average molecular weight is 592 g/mol. The van der Waals surface area contributed by atoms with Gasteiger partial charge in [-0.05, 0) is 47.0 Å². The molecule has 0 fully saturated rings. The van der Waals surface area contributed by atoms with Crippen LogP contribution >= 0.6 is 23.2 Å². The van der Waals surface area contributed by atoms with Crippen LogP contribution in [0.4, 0.5) is 0 Å². The Morgan fingerprint density at radius 3 is 2.41 bits per heavy atom. The molecular formula is C31H27Cl2N3O5. The zero-order valence-corrected chi connectivity index (χ0v) is 23.2. The normalized spacial score (nSPS) is 18.0. The van der Waals surface area contributed by atoms with Gasteiger partial charge in [0, 0.05) is 21.8 Å². The molecule has 1 aromatic heterocycles. The molecule has 0 unspecified atom stereocenters. The van der Waals surface area contributed by atoms with Gasteiger partial charge in [-0.1, -0.05) is 83.9 Å². The van der Waals surface area contributed by atoms with E-state index in [-0.39, 0.29) is 17.2 Å². The predicted molar refractivity (Wildman–Crippen MR) is 154 cm³/mol. The number of hydrogen-bond acceptors (Lipinski definition) is 6. The second-order valence-electron chi connectivity index (χ2n) is 9.57. The molecule has 210 valence electrons. The van der Waals surface area contributed by atoms with Crippen molar-refractivity contribution in [3.8, 4) is 0 Å². The lowest BCUT2D eigenvalue weighted by Crippen LogP contribution is -2.54. The number of amides is 2. The van der Waals surface area contributed by atoms with E-state index in [1.165, 1.54) is 11.0 Å². The predicted octanol–water partition coefficient (Wildman–Crippen LogP) is 5.01. The molecule has 41 heavy (non-hydrogen) atoms. The van der Waals surface area contributed by atoms with E-state index < -0.39 is 42.5 Å². The number of pyridine rings is 1. The summed E-state index contributed by atoms with van der Waals surface area (Å²) < 4.78 is 0. The first-order chi connectivity index (χ1) is 19.9. The number of benzene rings is 3. The number of hydroxylamine groups is 1. The van der Waals surface area contributed by atoms with Gasteiger partial charge < -0.3 is 15.1 Å². The Morgan fingerprint density at radius 2 is 1.71 bits per heavy atom. The molecule has 2 amide bonds. The number of aliphatic hydroxyl groups excluding tert-OH is 2. The van der Waals surface area contributed by atoms with E-state index in [4.69, 9.17) is 28.0 Å². The van der Waals surface area contributed by atoms with Crippen molar-refractivity contribution in [2.45, 2.75) is 30.7 Å². The number of carbonyl (C=O) groups excluding carboxylic acids is 2. The van der Waals surface area contributed by atoms with Crippen molar-refractivity contribution >= 4 is 35.0 Å². The maximum Gasteiger partial charge on any atom is 0.255 e. The first kappa shape index (κ1) is 28.7. The van der Waals surface area contributed by atoms with Crippen LogP contribution in [0.2, 0.25) is 10.0 Å². The number of aliphatic hydroxyl groups is 2. The number of carbonyl (C=O) groups is 2. The molecule has 4 aromatic rings. The first-order valence-corrected chi connectivity index (χ1v) is 13.7. The fourth-order valence-electron chi connectivity index (χ4n) is 5.21. The number of hydrogen-bond donors (Lipinski definition) is 3. The van der Waals surface area contributed by atoms with E-state index >= 15 is 0 Å². The van der Waals surface area contributed by atoms with Gasteiger partial charge in [-0.3, -0.25) is 19.4 Å². The number of nitrogens with zero attached hydrogens (tertiary/aromatic N) is 2. The maximum absolute atomic E-state index is 14.1. The van der Waals surface area contributed by atoms with E-state index in [0.29, 0.717) is 27.4 Å². The molecule has 1 aliphatic rings. The summed E-state index contributed by atoms with van der Waals surface area (Å²) >= 11 is 12.9. The Bertz CT molecular complexity index is 1520. The van der Waals surface area contributed by atoms with Crippen LogP contribution in [0.25, 0.3) is 0 Å². The van der Waals surface area contributed by atoms with Gasteiger partial charge in [0.05, 0.1) is 30.3 Å². The highest BCUT2D eigenvalue weighted by atomic mass is 35.5. The van der Waals surface area contributed by atoms with Gasteiger partial charge in [0.2, 0.25) is 0 Å². The fourth-order valence-corrected chi connectivity index (χ4v) is 5.73. The monoisotopic (exact) mass is 591 g/mol. The van der Waals surface area contributed by atoms with Crippen LogP contribution < -0.4 is 5.48 Å². The molecule has 0 aliphatic carbocycles. The molecule has 1 aliphatic heterocycles. The number of nitrogens with one attached hydrogen (secondary N) is 1. The summed E-state index contributed by atoms with van der Waals surface area (Å²) in [6, 6.07) is 23.4. The van der Waals surface area contributed by atoms with Gasteiger partial charge in [-0.2, -0.15) is 0 Å². The molecule has 4 atom stereocenters. The van der Waals surface area contributed by atoms with Crippen LogP contribution in [0.3, 0.4) is 0 Å². The SMILES string of the molecule is O=C(NOCc1ccccn1)[C@H]1c2ccccc2C(=O)N([C@H](CO)[C@H](O)c2ccccc2)[C@@H]1c1ccc(Cl)cc1Cl. The number of rotatable bonds is 9. The molecule has 10 heteroatoms.